The summed E-state index contributed by atoms with van der Waals surface area (Å²) in [4.78, 5) is 1.79. The summed E-state index contributed by atoms with van der Waals surface area (Å²) in [6.45, 7) is 3.14. The van der Waals surface area contributed by atoms with E-state index < -0.39 is 12.7 Å². The summed E-state index contributed by atoms with van der Waals surface area (Å²) >= 11 is 0. The summed E-state index contributed by atoms with van der Waals surface area (Å²) in [6, 6.07) is 0.247. The van der Waals surface area contributed by atoms with Crippen LogP contribution in [0, 0.1) is 5.92 Å². The molecule has 0 radical (unpaired) electrons. The Morgan fingerprint density at radius 2 is 1.75 bits per heavy atom. The predicted octanol–water partition coefficient (Wildman–Crippen LogP) is 3.57. The molecule has 1 N–H and O–H groups in total. The molecule has 118 valence electrons. The summed E-state index contributed by atoms with van der Waals surface area (Å²) in [5.41, 5.74) is 0. The third kappa shape index (κ3) is 4.62. The molecule has 0 amide bonds. The molecule has 5 heteroatoms. The lowest BCUT2D eigenvalue weighted by atomic mass is 9.82. The molecule has 2 aliphatic rings. The molecule has 2 rings (SSSR count). The first kappa shape index (κ1) is 16.1. The molecule has 20 heavy (non-hydrogen) atoms. The maximum Gasteiger partial charge on any atom is 0.401 e. The molecule has 1 saturated heterocycles. The fourth-order valence-corrected chi connectivity index (χ4v) is 3.84. The SMILES string of the molecule is CCC1CCCC(N(CC(F)(F)F)C2CCNCC2)C1. The van der Waals surface area contributed by atoms with Crippen LogP contribution in [0.15, 0.2) is 0 Å². The molecule has 0 aromatic heterocycles. The Hall–Kier alpha value is -0.290. The van der Waals surface area contributed by atoms with Gasteiger partial charge in [-0.3, -0.25) is 4.90 Å². The van der Waals surface area contributed by atoms with Crippen LogP contribution in [-0.4, -0.2) is 42.8 Å². The van der Waals surface area contributed by atoms with Crippen LogP contribution in [0.3, 0.4) is 0 Å². The van der Waals surface area contributed by atoms with Gasteiger partial charge >= 0.3 is 6.18 Å². The topological polar surface area (TPSA) is 15.3 Å². The number of alkyl halides is 3. The molecule has 2 fully saturated rings. The van der Waals surface area contributed by atoms with E-state index in [1.807, 2.05) is 0 Å². The Labute approximate surface area is 120 Å². The minimum absolute atomic E-state index is 0.110. The van der Waals surface area contributed by atoms with E-state index in [2.05, 4.69) is 12.2 Å². The number of rotatable bonds is 4. The zero-order chi connectivity index (χ0) is 14.6. The molecular weight excluding hydrogens is 265 g/mol. The van der Waals surface area contributed by atoms with E-state index in [1.165, 1.54) is 6.42 Å². The summed E-state index contributed by atoms with van der Waals surface area (Å²) in [5.74, 6) is 0.617. The van der Waals surface area contributed by atoms with Crippen LogP contribution in [0.25, 0.3) is 0 Å². The van der Waals surface area contributed by atoms with Crippen LogP contribution in [0.5, 0.6) is 0 Å². The fraction of sp³-hybridized carbons (Fsp3) is 1.00. The molecule has 2 unspecified atom stereocenters. The van der Waals surface area contributed by atoms with E-state index in [9.17, 15) is 13.2 Å². The third-order valence-electron chi connectivity index (χ3n) is 4.94. The van der Waals surface area contributed by atoms with Crippen LogP contribution >= 0.6 is 0 Å². The lowest BCUT2D eigenvalue weighted by Crippen LogP contribution is -2.52. The number of hydrogen-bond donors (Lipinski definition) is 1. The van der Waals surface area contributed by atoms with E-state index in [1.54, 1.807) is 4.90 Å². The van der Waals surface area contributed by atoms with Gasteiger partial charge in [0.15, 0.2) is 0 Å². The van der Waals surface area contributed by atoms with Gasteiger partial charge in [0.2, 0.25) is 0 Å². The van der Waals surface area contributed by atoms with Crippen molar-refractivity contribution in [3.63, 3.8) is 0 Å². The van der Waals surface area contributed by atoms with E-state index >= 15 is 0 Å². The number of piperidine rings is 1. The molecule has 1 heterocycles. The maximum absolute atomic E-state index is 12.9. The van der Waals surface area contributed by atoms with Gasteiger partial charge in [-0.25, -0.2) is 0 Å². The standard InChI is InChI=1S/C15H27F3N2/c1-2-12-4-3-5-14(10-12)20(11-15(16,17)18)13-6-8-19-9-7-13/h12-14,19H,2-11H2,1H3. The van der Waals surface area contributed by atoms with Crippen LogP contribution in [0.4, 0.5) is 13.2 Å². The molecule has 0 spiro atoms. The highest BCUT2D eigenvalue weighted by atomic mass is 19.4. The minimum atomic E-state index is -4.08. The van der Waals surface area contributed by atoms with Crippen molar-refractivity contribution in [3.05, 3.63) is 0 Å². The molecule has 2 atom stereocenters. The maximum atomic E-state index is 12.9. The molecule has 0 aromatic rings. The van der Waals surface area contributed by atoms with Crippen molar-refractivity contribution in [2.24, 2.45) is 5.92 Å². The summed E-state index contributed by atoms with van der Waals surface area (Å²) < 4.78 is 38.8. The number of halogens is 3. The van der Waals surface area contributed by atoms with Crippen molar-refractivity contribution < 1.29 is 13.2 Å². The summed E-state index contributed by atoms with van der Waals surface area (Å²) in [5, 5.41) is 3.25. The van der Waals surface area contributed by atoms with Crippen LogP contribution in [0.1, 0.15) is 51.9 Å². The lowest BCUT2D eigenvalue weighted by molar-refractivity contribution is -0.160. The summed E-state index contributed by atoms with van der Waals surface area (Å²) in [6.07, 6.45) is 2.90. The highest BCUT2D eigenvalue weighted by molar-refractivity contribution is 4.87. The Morgan fingerprint density at radius 1 is 1.05 bits per heavy atom. The Balaban J connectivity index is 2.04. The first-order valence-electron chi connectivity index (χ1n) is 8.03. The van der Waals surface area contributed by atoms with E-state index in [4.69, 9.17) is 0 Å². The average Bonchev–Trinajstić information content (AvgIpc) is 2.45. The van der Waals surface area contributed by atoms with Crippen LogP contribution in [-0.2, 0) is 0 Å². The quantitative estimate of drug-likeness (QED) is 0.852. The van der Waals surface area contributed by atoms with Crippen molar-refractivity contribution >= 4 is 0 Å². The molecule has 2 nitrogen and oxygen atoms in total. The zero-order valence-electron chi connectivity index (χ0n) is 12.4. The smallest absolute Gasteiger partial charge is 0.317 e. The largest absolute Gasteiger partial charge is 0.401 e. The van der Waals surface area contributed by atoms with Gasteiger partial charge in [0.05, 0.1) is 6.54 Å². The van der Waals surface area contributed by atoms with Gasteiger partial charge < -0.3 is 5.32 Å². The normalized spacial score (nSPS) is 29.9. The lowest BCUT2D eigenvalue weighted by Gasteiger charge is -2.43. The highest BCUT2D eigenvalue weighted by Gasteiger charge is 2.39. The van der Waals surface area contributed by atoms with Crippen molar-refractivity contribution in [3.8, 4) is 0 Å². The number of nitrogens with one attached hydrogen (secondary N) is 1. The van der Waals surface area contributed by atoms with E-state index in [-0.39, 0.29) is 12.1 Å². The average molecular weight is 292 g/mol. The van der Waals surface area contributed by atoms with Crippen molar-refractivity contribution in [1.82, 2.24) is 10.2 Å². The first-order valence-corrected chi connectivity index (χ1v) is 8.03. The fourth-order valence-electron chi connectivity index (χ4n) is 3.84. The monoisotopic (exact) mass is 292 g/mol. The van der Waals surface area contributed by atoms with Gasteiger partial charge in [-0.05, 0) is 44.7 Å². The van der Waals surface area contributed by atoms with E-state index in [0.717, 1.165) is 51.6 Å². The Bertz CT molecular complexity index is 287. The third-order valence-corrected chi connectivity index (χ3v) is 4.94. The van der Waals surface area contributed by atoms with E-state index in [0.29, 0.717) is 5.92 Å². The van der Waals surface area contributed by atoms with Gasteiger partial charge in [-0.2, -0.15) is 13.2 Å². The van der Waals surface area contributed by atoms with Gasteiger partial charge in [0, 0.05) is 12.1 Å². The van der Waals surface area contributed by atoms with Crippen molar-refractivity contribution in [2.45, 2.75) is 70.1 Å². The second-order valence-corrected chi connectivity index (χ2v) is 6.36. The molecular formula is C15H27F3N2. The number of nitrogens with zero attached hydrogens (tertiary/aromatic N) is 1. The second kappa shape index (κ2) is 7.12. The Morgan fingerprint density at radius 3 is 2.35 bits per heavy atom. The molecule has 0 aromatic carbocycles. The minimum Gasteiger partial charge on any atom is -0.317 e. The first-order chi connectivity index (χ1) is 9.49. The molecule has 1 aliphatic heterocycles. The number of hydrogen-bond acceptors (Lipinski definition) is 2. The van der Waals surface area contributed by atoms with Gasteiger partial charge in [0.25, 0.3) is 0 Å². The van der Waals surface area contributed by atoms with Crippen LogP contribution < -0.4 is 5.32 Å². The van der Waals surface area contributed by atoms with Crippen molar-refractivity contribution in [2.75, 3.05) is 19.6 Å². The van der Waals surface area contributed by atoms with Gasteiger partial charge in [0.1, 0.15) is 0 Å². The zero-order valence-corrected chi connectivity index (χ0v) is 12.4. The summed E-state index contributed by atoms with van der Waals surface area (Å²) in [7, 11) is 0. The second-order valence-electron chi connectivity index (χ2n) is 6.36. The predicted molar refractivity (Wildman–Crippen MR) is 74.7 cm³/mol. The molecule has 0 bridgehead atoms. The molecule has 1 aliphatic carbocycles. The highest BCUT2D eigenvalue weighted by Crippen LogP contribution is 2.33. The van der Waals surface area contributed by atoms with Crippen molar-refractivity contribution in [1.29, 1.82) is 0 Å². The van der Waals surface area contributed by atoms with Crippen LogP contribution in [0.2, 0.25) is 0 Å². The van der Waals surface area contributed by atoms with Gasteiger partial charge in [-0.15, -0.1) is 0 Å². The Kier molecular flexibility index (Phi) is 5.73. The van der Waals surface area contributed by atoms with Gasteiger partial charge in [-0.1, -0.05) is 26.2 Å². The molecule has 1 saturated carbocycles.